The van der Waals surface area contributed by atoms with E-state index in [1.54, 1.807) is 0 Å². The molecule has 0 amide bonds. The number of hydrogen-bond donors (Lipinski definition) is 0. The van der Waals surface area contributed by atoms with Crippen molar-refractivity contribution in [2.24, 2.45) is 28.6 Å². The Hall–Kier alpha value is -2.62. The van der Waals surface area contributed by atoms with Gasteiger partial charge in [-0.1, -0.05) is 45.9 Å². The first-order chi connectivity index (χ1) is 16.0. The Morgan fingerprint density at radius 3 is 2.44 bits per heavy atom. The largest absolute Gasteiger partial charge is 0.446 e. The van der Waals surface area contributed by atoms with E-state index in [2.05, 4.69) is 58.1 Å². The number of carbonyl (C=O) groups excluding carboxylic acids is 2. The quantitative estimate of drug-likeness (QED) is 0.434. The number of rotatable bonds is 1. The van der Waals surface area contributed by atoms with Gasteiger partial charge in [-0.3, -0.25) is 0 Å². The molecule has 6 rings (SSSR count). The van der Waals surface area contributed by atoms with Gasteiger partial charge in [0.15, 0.2) is 5.60 Å². The van der Waals surface area contributed by atoms with Crippen molar-refractivity contribution in [1.29, 1.82) is 0 Å². The van der Waals surface area contributed by atoms with Crippen LogP contribution in [0.4, 0.5) is 0 Å². The molecule has 0 spiro atoms. The molecule has 0 radical (unpaired) electrons. The summed E-state index contributed by atoms with van der Waals surface area (Å²) >= 11 is 0. The predicted molar refractivity (Wildman–Crippen MR) is 130 cm³/mol. The Labute approximate surface area is 202 Å². The van der Waals surface area contributed by atoms with Crippen molar-refractivity contribution >= 4 is 11.9 Å². The maximum atomic E-state index is 13.0. The van der Waals surface area contributed by atoms with Crippen LogP contribution in [-0.2, 0) is 19.1 Å². The van der Waals surface area contributed by atoms with Gasteiger partial charge in [0.25, 0.3) is 0 Å². The first-order valence-electron chi connectivity index (χ1n) is 12.7. The Bertz CT molecular complexity index is 1240. The molecule has 0 aromatic heterocycles. The first-order valence-corrected chi connectivity index (χ1v) is 12.7. The van der Waals surface area contributed by atoms with Crippen LogP contribution < -0.4 is 0 Å². The first kappa shape index (κ1) is 21.9. The van der Waals surface area contributed by atoms with Crippen molar-refractivity contribution < 1.29 is 19.1 Å². The van der Waals surface area contributed by atoms with Crippen molar-refractivity contribution in [3.05, 3.63) is 69.6 Å². The number of ether oxygens (including phenoxy) is 2. The van der Waals surface area contributed by atoms with E-state index in [1.807, 2.05) is 13.8 Å². The molecule has 0 aromatic carbocycles. The Morgan fingerprint density at radius 2 is 1.68 bits per heavy atom. The molecular formula is C30H34O4. The summed E-state index contributed by atoms with van der Waals surface area (Å²) in [5, 5.41) is 0. The van der Waals surface area contributed by atoms with Crippen LogP contribution in [-0.4, -0.2) is 17.5 Å². The fourth-order valence-electron chi connectivity index (χ4n) is 7.30. The van der Waals surface area contributed by atoms with Gasteiger partial charge in [0, 0.05) is 22.6 Å². The molecule has 4 nitrogen and oxygen atoms in total. The average Bonchev–Trinajstić information content (AvgIpc) is 3.19. The summed E-state index contributed by atoms with van der Waals surface area (Å²) < 4.78 is 11.9. The summed E-state index contributed by atoms with van der Waals surface area (Å²) in [7, 11) is 0. The maximum absolute atomic E-state index is 13.0. The normalized spacial score (nSPS) is 42.8. The van der Waals surface area contributed by atoms with E-state index in [1.165, 1.54) is 11.1 Å². The van der Waals surface area contributed by atoms with E-state index in [9.17, 15) is 9.59 Å². The van der Waals surface area contributed by atoms with Crippen LogP contribution in [0, 0.1) is 28.6 Å². The SMILES string of the molecule is CC1=C2CC3(C)C(=CC(C45C=C6C=CCC(C)C6(C)CC4=C(C)C(=O)O5)CC3C)C=C2OC1=O. The monoisotopic (exact) mass is 458 g/mol. The van der Waals surface area contributed by atoms with E-state index in [4.69, 9.17) is 9.47 Å². The van der Waals surface area contributed by atoms with Gasteiger partial charge in [-0.2, -0.15) is 0 Å². The summed E-state index contributed by atoms with van der Waals surface area (Å²) in [6, 6.07) is 0. The molecule has 6 unspecified atom stereocenters. The standard InChI is InChI=1S/C30H34O4/c1-16-8-7-9-20-13-30(24(15-29(16,20)6)19(4)27(32)34-30)22-10-17(2)28(5)14-23-18(3)26(31)33-25(23)12-21(28)11-22/h7,9,11-13,16-17,22H,8,10,14-15H2,1-6H3. The minimum Gasteiger partial charge on any atom is -0.446 e. The third kappa shape index (κ3) is 2.60. The van der Waals surface area contributed by atoms with Gasteiger partial charge in [-0.05, 0) is 91.1 Å². The van der Waals surface area contributed by atoms with Crippen molar-refractivity contribution in [3.63, 3.8) is 0 Å². The molecule has 0 bridgehead atoms. The summed E-state index contributed by atoms with van der Waals surface area (Å²) in [6.07, 6.45) is 14.9. The lowest BCUT2D eigenvalue weighted by Gasteiger charge is -2.52. The molecule has 6 atom stereocenters. The van der Waals surface area contributed by atoms with Crippen molar-refractivity contribution in [1.82, 2.24) is 0 Å². The van der Waals surface area contributed by atoms with Crippen molar-refractivity contribution in [3.8, 4) is 0 Å². The summed E-state index contributed by atoms with van der Waals surface area (Å²) in [6.45, 7) is 13.1. The molecule has 0 saturated heterocycles. The van der Waals surface area contributed by atoms with E-state index >= 15 is 0 Å². The van der Waals surface area contributed by atoms with Crippen LogP contribution in [0.1, 0.15) is 67.2 Å². The van der Waals surface area contributed by atoms with Gasteiger partial charge in [0.1, 0.15) is 5.76 Å². The minimum absolute atomic E-state index is 0.0207. The third-order valence-electron chi connectivity index (χ3n) is 10.3. The van der Waals surface area contributed by atoms with Crippen LogP contribution in [0.15, 0.2) is 69.6 Å². The molecule has 4 heteroatoms. The van der Waals surface area contributed by atoms with Crippen LogP contribution in [0.5, 0.6) is 0 Å². The number of allylic oxidation sites excluding steroid dienone is 6. The highest BCUT2D eigenvalue weighted by molar-refractivity contribution is 5.94. The molecule has 2 aliphatic heterocycles. The van der Waals surface area contributed by atoms with Crippen LogP contribution >= 0.6 is 0 Å². The zero-order valence-corrected chi connectivity index (χ0v) is 21.1. The van der Waals surface area contributed by atoms with Gasteiger partial charge < -0.3 is 9.47 Å². The third-order valence-corrected chi connectivity index (χ3v) is 10.3. The molecule has 2 heterocycles. The van der Waals surface area contributed by atoms with Gasteiger partial charge >= 0.3 is 11.9 Å². The second-order valence-electron chi connectivity index (χ2n) is 12.0. The van der Waals surface area contributed by atoms with Crippen LogP contribution in [0.25, 0.3) is 0 Å². The van der Waals surface area contributed by atoms with Crippen molar-refractivity contribution in [2.45, 2.75) is 72.8 Å². The highest BCUT2D eigenvalue weighted by Gasteiger charge is 2.58. The van der Waals surface area contributed by atoms with E-state index in [0.717, 1.165) is 48.0 Å². The lowest BCUT2D eigenvalue weighted by atomic mass is 9.53. The summed E-state index contributed by atoms with van der Waals surface area (Å²) in [5.41, 5.74) is 5.45. The lowest BCUT2D eigenvalue weighted by Crippen LogP contribution is -2.49. The van der Waals surface area contributed by atoms with Crippen LogP contribution in [0.2, 0.25) is 0 Å². The number of fused-ring (bicyclic) bond motifs is 4. The Balaban J connectivity index is 1.52. The smallest absolute Gasteiger partial charge is 0.339 e. The molecule has 0 saturated carbocycles. The van der Waals surface area contributed by atoms with Gasteiger partial charge in [0.2, 0.25) is 0 Å². The highest BCUT2D eigenvalue weighted by atomic mass is 16.6. The molecule has 0 fully saturated rings. The minimum atomic E-state index is -0.725. The molecule has 4 aliphatic carbocycles. The fourth-order valence-corrected chi connectivity index (χ4v) is 7.30. The average molecular weight is 459 g/mol. The van der Waals surface area contributed by atoms with E-state index in [0.29, 0.717) is 17.6 Å². The highest BCUT2D eigenvalue weighted by Crippen LogP contribution is 2.61. The number of esters is 2. The van der Waals surface area contributed by atoms with Crippen molar-refractivity contribution in [2.75, 3.05) is 0 Å². The molecule has 0 aromatic rings. The van der Waals surface area contributed by atoms with Gasteiger partial charge in [0.05, 0.1) is 0 Å². The second-order valence-corrected chi connectivity index (χ2v) is 12.0. The summed E-state index contributed by atoms with van der Waals surface area (Å²) in [4.78, 5) is 25.2. The molecule has 34 heavy (non-hydrogen) atoms. The molecule has 178 valence electrons. The molecular weight excluding hydrogens is 424 g/mol. The maximum Gasteiger partial charge on any atom is 0.339 e. The van der Waals surface area contributed by atoms with E-state index in [-0.39, 0.29) is 28.7 Å². The number of carbonyl (C=O) groups is 2. The van der Waals surface area contributed by atoms with Gasteiger partial charge in [-0.15, -0.1) is 0 Å². The zero-order chi connectivity index (χ0) is 24.2. The molecule has 0 N–H and O–H groups in total. The van der Waals surface area contributed by atoms with Crippen LogP contribution in [0.3, 0.4) is 0 Å². The molecule has 6 aliphatic rings. The Morgan fingerprint density at radius 1 is 0.941 bits per heavy atom. The summed E-state index contributed by atoms with van der Waals surface area (Å²) in [5.74, 6) is 1.20. The van der Waals surface area contributed by atoms with E-state index < -0.39 is 5.60 Å². The Kier molecular flexibility index (Phi) is 4.34. The predicted octanol–water partition coefficient (Wildman–Crippen LogP) is 6.28. The number of hydrogen-bond acceptors (Lipinski definition) is 4. The fraction of sp³-hybridized carbons (Fsp3) is 0.533. The van der Waals surface area contributed by atoms with Gasteiger partial charge in [-0.25, -0.2) is 9.59 Å². The topological polar surface area (TPSA) is 52.6 Å². The second kappa shape index (κ2) is 6.74. The zero-order valence-electron chi connectivity index (χ0n) is 21.1. The lowest BCUT2D eigenvalue weighted by molar-refractivity contribution is -0.147.